The van der Waals surface area contributed by atoms with Gasteiger partial charge in [-0.05, 0) is 33.6 Å². The molecule has 2 saturated carbocycles. The lowest BCUT2D eigenvalue weighted by atomic mass is 9.58. The molecule has 4 rings (SSSR count). The molecule has 122 valence electrons. The number of cyclic esters (lactones) is 1. The van der Waals surface area contributed by atoms with Gasteiger partial charge in [0.25, 0.3) is 0 Å². The monoisotopic (exact) mass is 310 g/mol. The maximum absolute atomic E-state index is 12.5. The molecule has 6 unspecified atom stereocenters. The Morgan fingerprint density at radius 2 is 1.68 bits per heavy atom. The molecule has 0 radical (unpaired) electrons. The van der Waals surface area contributed by atoms with Crippen molar-refractivity contribution in [2.75, 3.05) is 6.61 Å². The topological polar surface area (TPSA) is 93.1 Å². The molecule has 0 bridgehead atoms. The van der Waals surface area contributed by atoms with Crippen LogP contribution < -0.4 is 0 Å². The van der Waals surface area contributed by atoms with Crippen LogP contribution >= 0.6 is 0 Å². The van der Waals surface area contributed by atoms with Gasteiger partial charge in [-0.2, -0.15) is 0 Å². The lowest BCUT2D eigenvalue weighted by Gasteiger charge is -2.49. The molecule has 0 amide bonds. The molecule has 4 aliphatic rings. The van der Waals surface area contributed by atoms with Crippen molar-refractivity contribution in [1.82, 2.24) is 0 Å². The highest BCUT2D eigenvalue weighted by atomic mass is 16.6. The summed E-state index contributed by atoms with van der Waals surface area (Å²) in [6.07, 6.45) is 0.756. The number of hydrogen-bond acceptors (Lipinski definition) is 6. The Morgan fingerprint density at radius 1 is 1.05 bits per heavy atom. The molecular weight excluding hydrogens is 288 g/mol. The van der Waals surface area contributed by atoms with Gasteiger partial charge in [-0.1, -0.05) is 6.92 Å². The SMILES string of the molecule is CC12CCC3(O)C4(C)COC(=O)C4(C)C(C)(O)C13CC(=O)O2. The van der Waals surface area contributed by atoms with E-state index in [1.165, 1.54) is 0 Å². The van der Waals surface area contributed by atoms with E-state index in [4.69, 9.17) is 9.47 Å². The number of rotatable bonds is 0. The lowest BCUT2D eigenvalue weighted by Crippen LogP contribution is -2.63. The quantitative estimate of drug-likeness (QED) is 0.634. The molecular formula is C16H22O6. The first-order valence-corrected chi connectivity index (χ1v) is 7.77. The Hall–Kier alpha value is -1.14. The number of carbonyl (C=O) groups is 2. The number of ether oxygens (including phenoxy) is 2. The highest BCUT2D eigenvalue weighted by Gasteiger charge is 2.94. The summed E-state index contributed by atoms with van der Waals surface area (Å²) in [5, 5.41) is 23.2. The van der Waals surface area contributed by atoms with Gasteiger partial charge in [0.05, 0.1) is 28.5 Å². The van der Waals surface area contributed by atoms with Crippen LogP contribution in [0.1, 0.15) is 47.0 Å². The van der Waals surface area contributed by atoms with E-state index in [9.17, 15) is 19.8 Å². The second-order valence-corrected chi connectivity index (χ2v) is 8.25. The number of fused-ring (bicyclic) bond motifs is 2. The van der Waals surface area contributed by atoms with Crippen LogP contribution in [-0.2, 0) is 19.1 Å². The molecule has 22 heavy (non-hydrogen) atoms. The van der Waals surface area contributed by atoms with Crippen molar-refractivity contribution in [3.63, 3.8) is 0 Å². The highest BCUT2D eigenvalue weighted by Crippen LogP contribution is 2.82. The second kappa shape index (κ2) is 3.22. The first-order valence-electron chi connectivity index (χ1n) is 7.77. The van der Waals surface area contributed by atoms with Crippen LogP contribution in [0.5, 0.6) is 0 Å². The summed E-state index contributed by atoms with van der Waals surface area (Å²) in [7, 11) is 0. The summed E-state index contributed by atoms with van der Waals surface area (Å²) in [4.78, 5) is 24.6. The number of aliphatic hydroxyl groups is 2. The van der Waals surface area contributed by atoms with E-state index >= 15 is 0 Å². The van der Waals surface area contributed by atoms with Crippen LogP contribution in [0.4, 0.5) is 0 Å². The van der Waals surface area contributed by atoms with Gasteiger partial charge in [0.1, 0.15) is 17.6 Å². The molecule has 2 aliphatic carbocycles. The van der Waals surface area contributed by atoms with Crippen molar-refractivity contribution in [2.45, 2.75) is 63.8 Å². The summed E-state index contributed by atoms with van der Waals surface area (Å²) in [6.45, 7) is 6.80. The van der Waals surface area contributed by atoms with Crippen molar-refractivity contribution in [2.24, 2.45) is 16.2 Å². The summed E-state index contributed by atoms with van der Waals surface area (Å²) in [5.41, 5.74) is -7.44. The Morgan fingerprint density at radius 3 is 2.32 bits per heavy atom. The maximum atomic E-state index is 12.5. The van der Waals surface area contributed by atoms with Gasteiger partial charge in [0.15, 0.2) is 0 Å². The molecule has 0 aromatic rings. The smallest absolute Gasteiger partial charge is 0.315 e. The fourth-order valence-corrected chi connectivity index (χ4v) is 6.51. The van der Waals surface area contributed by atoms with E-state index in [0.717, 1.165) is 0 Å². The third kappa shape index (κ3) is 0.898. The Bertz CT molecular complexity index is 628. The van der Waals surface area contributed by atoms with Crippen LogP contribution in [-0.4, -0.2) is 45.6 Å². The van der Waals surface area contributed by atoms with Crippen LogP contribution in [0.2, 0.25) is 0 Å². The molecule has 2 saturated heterocycles. The Labute approximate surface area is 128 Å². The average molecular weight is 310 g/mol. The van der Waals surface area contributed by atoms with Crippen molar-refractivity contribution in [3.8, 4) is 0 Å². The van der Waals surface area contributed by atoms with Gasteiger partial charge in [-0.15, -0.1) is 0 Å². The summed E-state index contributed by atoms with van der Waals surface area (Å²) >= 11 is 0. The molecule has 0 aromatic carbocycles. The highest BCUT2D eigenvalue weighted by molar-refractivity contribution is 5.86. The first kappa shape index (κ1) is 14.5. The normalized spacial score (nSPS) is 62.5. The molecule has 0 aromatic heterocycles. The molecule has 1 spiro atoms. The zero-order valence-corrected chi connectivity index (χ0v) is 13.4. The summed E-state index contributed by atoms with van der Waals surface area (Å²) in [5.74, 6) is -0.944. The van der Waals surface area contributed by atoms with Crippen LogP contribution in [0.25, 0.3) is 0 Å². The van der Waals surface area contributed by atoms with Crippen molar-refractivity contribution < 1.29 is 29.3 Å². The Balaban J connectivity index is 2.10. The fourth-order valence-electron chi connectivity index (χ4n) is 6.51. The van der Waals surface area contributed by atoms with Gasteiger partial charge in [-0.3, -0.25) is 9.59 Å². The van der Waals surface area contributed by atoms with Gasteiger partial charge < -0.3 is 19.7 Å². The van der Waals surface area contributed by atoms with E-state index in [1.54, 1.807) is 27.7 Å². The third-order valence-electron chi connectivity index (χ3n) is 8.04. The van der Waals surface area contributed by atoms with E-state index < -0.39 is 45.0 Å². The van der Waals surface area contributed by atoms with Crippen molar-refractivity contribution in [3.05, 3.63) is 0 Å². The number of carbonyl (C=O) groups excluding carboxylic acids is 2. The molecule has 6 heteroatoms. The Kier molecular flexibility index (Phi) is 2.11. The van der Waals surface area contributed by atoms with Crippen molar-refractivity contribution in [1.29, 1.82) is 0 Å². The first-order chi connectivity index (χ1) is 9.94. The minimum absolute atomic E-state index is 0.0427. The minimum atomic E-state index is -1.62. The van der Waals surface area contributed by atoms with Crippen LogP contribution in [0.15, 0.2) is 0 Å². The maximum Gasteiger partial charge on any atom is 0.315 e. The van der Waals surface area contributed by atoms with E-state index in [-0.39, 0.29) is 13.0 Å². The van der Waals surface area contributed by atoms with Gasteiger partial charge in [0, 0.05) is 0 Å². The minimum Gasteiger partial charge on any atom is -0.464 e. The second-order valence-electron chi connectivity index (χ2n) is 8.25. The van der Waals surface area contributed by atoms with Gasteiger partial charge in [0.2, 0.25) is 0 Å². The molecule has 6 atom stereocenters. The molecule has 2 heterocycles. The zero-order valence-electron chi connectivity index (χ0n) is 13.4. The molecule has 2 N–H and O–H groups in total. The van der Waals surface area contributed by atoms with Crippen LogP contribution in [0, 0.1) is 16.2 Å². The number of esters is 2. The summed E-state index contributed by atoms with van der Waals surface area (Å²) in [6, 6.07) is 0. The largest absolute Gasteiger partial charge is 0.464 e. The van der Waals surface area contributed by atoms with E-state index in [2.05, 4.69) is 0 Å². The molecule has 6 nitrogen and oxygen atoms in total. The van der Waals surface area contributed by atoms with Gasteiger partial charge in [-0.25, -0.2) is 0 Å². The standard InChI is InChI=1S/C16H22O6/c1-11-8-21-10(18)13(11,3)14(4,19)15-7-9(17)22-12(15,2)5-6-16(11,15)20/h19-20H,5-8H2,1-4H3. The predicted molar refractivity (Wildman–Crippen MR) is 73.5 cm³/mol. The van der Waals surface area contributed by atoms with Gasteiger partial charge >= 0.3 is 11.9 Å². The zero-order chi connectivity index (χ0) is 16.4. The number of hydrogen-bond donors (Lipinski definition) is 2. The lowest BCUT2D eigenvalue weighted by molar-refractivity contribution is -0.205. The fraction of sp³-hybridized carbons (Fsp3) is 0.875. The van der Waals surface area contributed by atoms with E-state index in [0.29, 0.717) is 12.8 Å². The third-order valence-corrected chi connectivity index (χ3v) is 8.04. The summed E-state index contributed by atoms with van der Waals surface area (Å²) < 4.78 is 10.8. The van der Waals surface area contributed by atoms with Crippen molar-refractivity contribution >= 4 is 11.9 Å². The van der Waals surface area contributed by atoms with Crippen LogP contribution in [0.3, 0.4) is 0 Å². The van der Waals surface area contributed by atoms with E-state index in [1.807, 2.05) is 0 Å². The average Bonchev–Trinajstić information content (AvgIpc) is 2.94. The predicted octanol–water partition coefficient (Wildman–Crippen LogP) is 0.537. The molecule has 4 fully saturated rings. The molecule has 2 aliphatic heterocycles.